The molecule has 1 fully saturated rings. The van der Waals surface area contributed by atoms with Crippen LogP contribution in [0.25, 0.3) is 55.7 Å². The number of aromatic nitrogens is 6. The van der Waals surface area contributed by atoms with Crippen LogP contribution in [0.15, 0.2) is 67.3 Å². The molecule has 0 aliphatic heterocycles. The minimum atomic E-state index is -3.64. The smallest absolute Gasteiger partial charge is 0.227 e. The van der Waals surface area contributed by atoms with Gasteiger partial charge in [0.15, 0.2) is 9.84 Å². The van der Waals surface area contributed by atoms with Gasteiger partial charge in [0.25, 0.3) is 0 Å². The maximum atomic E-state index is 14.7. The molecule has 0 saturated heterocycles. The number of nitrogens with one attached hydrogen (secondary N) is 3. The van der Waals surface area contributed by atoms with E-state index in [1.807, 2.05) is 18.2 Å². The monoisotopic (exact) mass is 610 g/mol. The van der Waals surface area contributed by atoms with Gasteiger partial charge in [-0.15, -0.1) is 0 Å². The molecule has 0 radical (unpaired) electrons. The molecule has 222 valence electrons. The van der Waals surface area contributed by atoms with Crippen molar-refractivity contribution in [3.63, 3.8) is 0 Å². The standard InChI is InChI=1S/C31H27FN8O3S/c1-44(42,43)29(33)18-7-17(8-20(32)9-18)22-5-6-35-30-23(22)11-26(38-30)28-24-12-25(36-15-27(24)39-40-28)19-10-21(14-34-13-19)37-31(41)16-3-2-4-16/h5-16,29H,2-4,33H2,1H3,(H,35,38)(H,37,41)(H,39,40). The van der Waals surface area contributed by atoms with Gasteiger partial charge in [-0.25, -0.2) is 17.8 Å². The van der Waals surface area contributed by atoms with Gasteiger partial charge in [0, 0.05) is 40.9 Å². The number of nitrogens with zero attached hydrogens (tertiary/aromatic N) is 4. The van der Waals surface area contributed by atoms with Crippen molar-refractivity contribution in [2.75, 3.05) is 11.6 Å². The molecule has 1 aliphatic carbocycles. The summed E-state index contributed by atoms with van der Waals surface area (Å²) in [7, 11) is -3.64. The average Bonchev–Trinajstić information content (AvgIpc) is 3.59. The Morgan fingerprint density at radius 2 is 1.89 bits per heavy atom. The van der Waals surface area contributed by atoms with Gasteiger partial charge in [-0.05, 0) is 72.0 Å². The number of benzene rings is 1. The Kier molecular flexibility index (Phi) is 6.70. The minimum Gasteiger partial charge on any atom is -0.338 e. The number of carbonyl (C=O) groups excluding carboxylic acids is 1. The summed E-state index contributed by atoms with van der Waals surface area (Å²) in [6, 6.07) is 11.4. The van der Waals surface area contributed by atoms with E-state index in [0.29, 0.717) is 50.4 Å². The summed E-state index contributed by atoms with van der Waals surface area (Å²) in [5, 5.41) is 10.6. The second kappa shape index (κ2) is 10.6. The first-order valence-electron chi connectivity index (χ1n) is 14.0. The summed E-state index contributed by atoms with van der Waals surface area (Å²) in [5.41, 5.74) is 11.7. The zero-order valence-corrected chi connectivity index (χ0v) is 24.3. The molecular formula is C31H27FN8O3S. The quantitative estimate of drug-likeness (QED) is 0.193. The maximum absolute atomic E-state index is 14.7. The highest BCUT2D eigenvalue weighted by atomic mass is 32.2. The van der Waals surface area contributed by atoms with E-state index < -0.39 is 21.0 Å². The molecular weight excluding hydrogens is 583 g/mol. The molecule has 1 atom stereocenters. The fourth-order valence-corrected chi connectivity index (χ4v) is 6.06. The van der Waals surface area contributed by atoms with Gasteiger partial charge < -0.3 is 16.0 Å². The van der Waals surface area contributed by atoms with Gasteiger partial charge >= 0.3 is 0 Å². The Morgan fingerprint density at radius 3 is 2.66 bits per heavy atom. The van der Waals surface area contributed by atoms with Crippen LogP contribution in [0.1, 0.15) is 30.2 Å². The van der Waals surface area contributed by atoms with E-state index in [2.05, 4.69) is 35.5 Å². The highest BCUT2D eigenvalue weighted by Gasteiger charge is 2.25. The third kappa shape index (κ3) is 5.09. The van der Waals surface area contributed by atoms with Crippen molar-refractivity contribution in [1.82, 2.24) is 30.1 Å². The van der Waals surface area contributed by atoms with E-state index in [-0.39, 0.29) is 17.4 Å². The summed E-state index contributed by atoms with van der Waals surface area (Å²) >= 11 is 0. The lowest BCUT2D eigenvalue weighted by Gasteiger charge is -2.24. The molecule has 1 aromatic carbocycles. The molecule has 0 bridgehead atoms. The summed E-state index contributed by atoms with van der Waals surface area (Å²) < 4.78 is 38.8. The SMILES string of the molecule is CS(=O)(=O)C(N)c1cc(F)cc(-c2ccnc3[nH]c(-c4n[nH]c5cnc(-c6cncc(NC(=O)C7CCC7)c6)cc45)cc23)c1. The van der Waals surface area contributed by atoms with Crippen LogP contribution in [0.5, 0.6) is 0 Å². The zero-order chi connectivity index (χ0) is 30.6. The molecule has 6 aromatic rings. The molecule has 7 rings (SSSR count). The summed E-state index contributed by atoms with van der Waals surface area (Å²) in [6.45, 7) is 0. The fourth-order valence-electron chi connectivity index (χ4n) is 5.43. The lowest BCUT2D eigenvalue weighted by molar-refractivity contribution is -0.122. The topological polar surface area (TPSA) is 172 Å². The van der Waals surface area contributed by atoms with Crippen molar-refractivity contribution < 1.29 is 17.6 Å². The van der Waals surface area contributed by atoms with Gasteiger partial charge in [-0.1, -0.05) is 6.42 Å². The van der Waals surface area contributed by atoms with E-state index in [9.17, 15) is 17.6 Å². The molecule has 11 nitrogen and oxygen atoms in total. The number of amides is 1. The van der Waals surface area contributed by atoms with E-state index in [4.69, 9.17) is 5.73 Å². The van der Waals surface area contributed by atoms with Crippen LogP contribution in [0, 0.1) is 11.7 Å². The molecule has 5 N–H and O–H groups in total. The number of carbonyl (C=O) groups is 1. The predicted octanol–water partition coefficient (Wildman–Crippen LogP) is 5.11. The van der Waals surface area contributed by atoms with Gasteiger partial charge in [0.2, 0.25) is 5.91 Å². The van der Waals surface area contributed by atoms with Crippen molar-refractivity contribution in [2.24, 2.45) is 11.7 Å². The third-order valence-electron chi connectivity index (χ3n) is 8.03. The largest absolute Gasteiger partial charge is 0.338 e. The fraction of sp³-hybridized carbons (Fsp3) is 0.194. The van der Waals surface area contributed by atoms with Crippen molar-refractivity contribution in [3.05, 3.63) is 78.6 Å². The van der Waals surface area contributed by atoms with Gasteiger partial charge in [0.1, 0.15) is 22.5 Å². The van der Waals surface area contributed by atoms with Crippen molar-refractivity contribution in [3.8, 4) is 33.8 Å². The van der Waals surface area contributed by atoms with Crippen LogP contribution in [0.2, 0.25) is 0 Å². The first-order chi connectivity index (χ1) is 21.1. The molecule has 44 heavy (non-hydrogen) atoms. The van der Waals surface area contributed by atoms with Crippen LogP contribution in [0.3, 0.4) is 0 Å². The number of fused-ring (bicyclic) bond motifs is 2. The Bertz CT molecular complexity index is 2190. The number of hydrogen-bond acceptors (Lipinski definition) is 8. The Balaban J connectivity index is 1.26. The second-order valence-electron chi connectivity index (χ2n) is 11.1. The number of halogens is 1. The van der Waals surface area contributed by atoms with Crippen LogP contribution < -0.4 is 11.1 Å². The minimum absolute atomic E-state index is 0.00947. The summed E-state index contributed by atoms with van der Waals surface area (Å²) in [6.07, 6.45) is 10.5. The zero-order valence-electron chi connectivity index (χ0n) is 23.5. The molecule has 1 amide bonds. The summed E-state index contributed by atoms with van der Waals surface area (Å²) in [5.74, 6) is -0.534. The van der Waals surface area contributed by atoms with E-state index in [1.54, 1.807) is 36.9 Å². The van der Waals surface area contributed by atoms with Crippen LogP contribution in [-0.2, 0) is 14.6 Å². The lowest BCUT2D eigenvalue weighted by atomic mass is 9.85. The number of nitrogens with two attached hydrogens (primary N) is 1. The first kappa shape index (κ1) is 27.8. The Labute approximate surface area is 251 Å². The number of hydrogen-bond donors (Lipinski definition) is 4. The van der Waals surface area contributed by atoms with Crippen LogP contribution in [-0.4, -0.2) is 50.7 Å². The van der Waals surface area contributed by atoms with Crippen LogP contribution in [0.4, 0.5) is 10.1 Å². The summed E-state index contributed by atoms with van der Waals surface area (Å²) in [4.78, 5) is 29.1. The molecule has 1 saturated carbocycles. The number of anilines is 1. The van der Waals surface area contributed by atoms with Crippen molar-refractivity contribution in [2.45, 2.75) is 24.6 Å². The number of H-pyrrole nitrogens is 2. The van der Waals surface area contributed by atoms with Gasteiger partial charge in [-0.2, -0.15) is 5.10 Å². The molecule has 13 heteroatoms. The predicted molar refractivity (Wildman–Crippen MR) is 165 cm³/mol. The maximum Gasteiger partial charge on any atom is 0.227 e. The third-order valence-corrected chi connectivity index (χ3v) is 9.23. The van der Waals surface area contributed by atoms with E-state index >= 15 is 0 Å². The molecule has 1 unspecified atom stereocenters. The van der Waals surface area contributed by atoms with E-state index in [1.165, 1.54) is 6.07 Å². The normalized spacial score (nSPS) is 14.5. The van der Waals surface area contributed by atoms with Crippen molar-refractivity contribution in [1.29, 1.82) is 0 Å². The van der Waals surface area contributed by atoms with Gasteiger partial charge in [-0.3, -0.25) is 19.9 Å². The van der Waals surface area contributed by atoms with Crippen LogP contribution >= 0.6 is 0 Å². The molecule has 5 heterocycles. The molecule has 1 aliphatic rings. The number of rotatable bonds is 7. The highest BCUT2D eigenvalue weighted by Crippen LogP contribution is 2.35. The van der Waals surface area contributed by atoms with E-state index in [0.717, 1.165) is 42.5 Å². The Hall–Kier alpha value is -5.01. The number of pyridine rings is 3. The average molecular weight is 611 g/mol. The van der Waals surface area contributed by atoms with Gasteiger partial charge in [0.05, 0.1) is 35.0 Å². The lowest BCUT2D eigenvalue weighted by Crippen LogP contribution is -2.28. The number of aromatic amines is 2. The number of sulfone groups is 1. The first-order valence-corrected chi connectivity index (χ1v) is 15.9. The molecule has 0 spiro atoms. The highest BCUT2D eigenvalue weighted by molar-refractivity contribution is 7.90. The molecule has 5 aromatic heterocycles. The van der Waals surface area contributed by atoms with Crippen molar-refractivity contribution >= 4 is 43.4 Å². The Morgan fingerprint density at radius 1 is 1.05 bits per heavy atom. The second-order valence-corrected chi connectivity index (χ2v) is 13.3.